The van der Waals surface area contributed by atoms with Crippen molar-refractivity contribution in [3.05, 3.63) is 127 Å². The minimum atomic E-state index is 0. The number of nitrogens with zero attached hydrogens (tertiary/aromatic N) is 2. The van der Waals surface area contributed by atoms with Crippen molar-refractivity contribution in [3.63, 3.8) is 0 Å². The molecular formula is C30H18N2Pt. The Balaban J connectivity index is 0.00000228. The Morgan fingerprint density at radius 2 is 1.55 bits per heavy atom. The van der Waals surface area contributed by atoms with Crippen molar-refractivity contribution in [2.45, 2.75) is 0 Å². The number of hydrogen-bond acceptors (Lipinski definition) is 2. The van der Waals surface area contributed by atoms with Gasteiger partial charge in [0.2, 0.25) is 0 Å². The number of fused-ring (bicyclic) bond motifs is 3. The summed E-state index contributed by atoms with van der Waals surface area (Å²) in [5.41, 5.74) is 4.79. The molecule has 3 heteroatoms. The molecule has 0 radical (unpaired) electrons. The molecule has 0 saturated heterocycles. The first-order valence-electron chi connectivity index (χ1n) is 10.6. The van der Waals surface area contributed by atoms with Crippen molar-refractivity contribution in [3.8, 4) is 11.3 Å². The van der Waals surface area contributed by atoms with Gasteiger partial charge in [0.05, 0.1) is 0 Å². The van der Waals surface area contributed by atoms with E-state index in [0.717, 1.165) is 49.6 Å². The van der Waals surface area contributed by atoms with E-state index in [2.05, 4.69) is 77.8 Å². The molecule has 0 aliphatic rings. The van der Waals surface area contributed by atoms with Crippen LogP contribution in [-0.2, 0) is 21.1 Å². The molecule has 2 heterocycles. The molecule has 33 heavy (non-hydrogen) atoms. The molecule has 0 N–H and O–H groups in total. The Morgan fingerprint density at radius 3 is 2.52 bits per heavy atom. The number of benzene rings is 4. The van der Waals surface area contributed by atoms with E-state index in [4.69, 9.17) is 4.98 Å². The third-order valence-electron chi connectivity index (χ3n) is 5.76. The molecule has 158 valence electrons. The fourth-order valence-corrected chi connectivity index (χ4v) is 4.18. The van der Waals surface area contributed by atoms with Crippen LogP contribution >= 0.6 is 0 Å². The molecule has 0 atom stereocenters. The largest absolute Gasteiger partial charge is 2.00 e. The molecule has 4 aromatic carbocycles. The molecule has 0 saturated carbocycles. The van der Waals surface area contributed by atoms with Gasteiger partial charge < -0.3 is 9.97 Å². The molecule has 6 rings (SSSR count). The summed E-state index contributed by atoms with van der Waals surface area (Å²) < 4.78 is 0. The normalized spacial score (nSPS) is 11.3. The molecule has 2 aromatic heterocycles. The van der Waals surface area contributed by atoms with Crippen LogP contribution in [0.1, 0.15) is 11.3 Å². The van der Waals surface area contributed by atoms with Gasteiger partial charge in [-0.05, 0) is 39.5 Å². The van der Waals surface area contributed by atoms with Crippen LogP contribution in [0.2, 0.25) is 0 Å². The molecule has 0 fully saturated rings. The molecule has 0 spiro atoms. The fraction of sp³-hybridized carbons (Fsp3) is 0. The number of aromatic nitrogens is 2. The van der Waals surface area contributed by atoms with Gasteiger partial charge in [-0.25, -0.2) is 0 Å². The molecule has 6 aromatic rings. The van der Waals surface area contributed by atoms with E-state index in [1.54, 1.807) is 0 Å². The first-order chi connectivity index (χ1) is 15.9. The topological polar surface area (TPSA) is 25.8 Å². The van der Waals surface area contributed by atoms with Crippen molar-refractivity contribution in [1.82, 2.24) is 9.97 Å². The van der Waals surface area contributed by atoms with Crippen LogP contribution in [-0.4, -0.2) is 9.97 Å². The zero-order valence-electron chi connectivity index (χ0n) is 17.6. The Hall–Kier alpha value is -3.61. The summed E-state index contributed by atoms with van der Waals surface area (Å²) in [5, 5.41) is 5.61. The van der Waals surface area contributed by atoms with Gasteiger partial charge in [0.15, 0.2) is 0 Å². The zero-order valence-corrected chi connectivity index (χ0v) is 19.9. The van der Waals surface area contributed by atoms with E-state index in [1.807, 2.05) is 48.7 Å². The Labute approximate surface area is 206 Å². The van der Waals surface area contributed by atoms with Crippen LogP contribution in [0.5, 0.6) is 0 Å². The van der Waals surface area contributed by atoms with Crippen LogP contribution in [0.3, 0.4) is 0 Å². The summed E-state index contributed by atoms with van der Waals surface area (Å²) in [6.07, 6.45) is 7.25. The number of pyridine rings is 2. The van der Waals surface area contributed by atoms with Gasteiger partial charge in [-0.2, -0.15) is 0 Å². The molecule has 0 amide bonds. The molecule has 2 nitrogen and oxygen atoms in total. The summed E-state index contributed by atoms with van der Waals surface area (Å²) in [4.78, 5) is 9.61. The second kappa shape index (κ2) is 9.09. The molecule has 0 aliphatic carbocycles. The van der Waals surface area contributed by atoms with Crippen molar-refractivity contribution in [2.24, 2.45) is 0 Å². The van der Waals surface area contributed by atoms with Crippen LogP contribution in [0.25, 0.3) is 49.8 Å². The van der Waals surface area contributed by atoms with Crippen molar-refractivity contribution in [1.29, 1.82) is 0 Å². The van der Waals surface area contributed by atoms with Crippen molar-refractivity contribution >= 4 is 38.5 Å². The standard InChI is InChI=1S/C30H18N2.Pt/c1-3-12-25-21(7-1)9-6-14-27(25)29-18-16-24-11-5-10-23(30(24)32-29)15-17-28-26-13-4-2-8-22(26)19-20-31-28;/h1-11,13-14,16-20H;/q-2;+2. The first kappa shape index (κ1) is 21.2. The zero-order chi connectivity index (χ0) is 21.3. The maximum absolute atomic E-state index is 5.05. The average Bonchev–Trinajstić information content (AvgIpc) is 2.87. The van der Waals surface area contributed by atoms with Gasteiger partial charge in [0.1, 0.15) is 0 Å². The SMILES string of the molecule is [C-](=Cc1nccc2ccccc12)c1cccc2ccc(-c3cccc4ccc[c-]c34)nc12.[Pt+2]. The minimum Gasteiger partial charge on any atom is -0.306 e. The van der Waals surface area contributed by atoms with Gasteiger partial charge in [-0.3, -0.25) is 0 Å². The number of para-hydroxylation sites is 1. The van der Waals surface area contributed by atoms with E-state index in [1.165, 1.54) is 5.39 Å². The van der Waals surface area contributed by atoms with Gasteiger partial charge in [-0.15, -0.1) is 64.9 Å². The molecule has 0 aliphatic heterocycles. The Kier molecular flexibility index (Phi) is 5.86. The van der Waals surface area contributed by atoms with Gasteiger partial charge in [0, 0.05) is 11.9 Å². The van der Waals surface area contributed by atoms with E-state index in [-0.39, 0.29) is 21.1 Å². The monoisotopic (exact) mass is 601 g/mol. The molecule has 0 bridgehead atoms. The Bertz CT molecular complexity index is 1630. The van der Waals surface area contributed by atoms with Gasteiger partial charge in [0.25, 0.3) is 0 Å². The van der Waals surface area contributed by atoms with Crippen LogP contribution < -0.4 is 0 Å². The number of rotatable bonds is 3. The summed E-state index contributed by atoms with van der Waals surface area (Å²) in [5.74, 6) is 0. The second-order valence-corrected chi connectivity index (χ2v) is 7.72. The first-order valence-corrected chi connectivity index (χ1v) is 10.6. The fourth-order valence-electron chi connectivity index (χ4n) is 4.18. The van der Waals surface area contributed by atoms with Crippen LogP contribution in [0.4, 0.5) is 0 Å². The maximum Gasteiger partial charge on any atom is 2.00 e. The van der Waals surface area contributed by atoms with Gasteiger partial charge >= 0.3 is 21.1 Å². The average molecular weight is 602 g/mol. The molecular weight excluding hydrogens is 583 g/mol. The van der Waals surface area contributed by atoms with Crippen LogP contribution in [0.15, 0.2) is 103 Å². The van der Waals surface area contributed by atoms with E-state index in [0.29, 0.717) is 0 Å². The van der Waals surface area contributed by atoms with E-state index >= 15 is 0 Å². The third kappa shape index (κ3) is 3.99. The van der Waals surface area contributed by atoms with Crippen molar-refractivity contribution in [2.75, 3.05) is 0 Å². The van der Waals surface area contributed by atoms with Crippen molar-refractivity contribution < 1.29 is 21.1 Å². The van der Waals surface area contributed by atoms with Crippen LogP contribution in [0, 0.1) is 12.1 Å². The summed E-state index contributed by atoms with van der Waals surface area (Å²) in [6.45, 7) is 0. The second-order valence-electron chi connectivity index (χ2n) is 7.72. The van der Waals surface area contributed by atoms with E-state index < -0.39 is 0 Å². The molecule has 0 unspecified atom stereocenters. The predicted molar refractivity (Wildman–Crippen MR) is 132 cm³/mol. The predicted octanol–water partition coefficient (Wildman–Crippen LogP) is 7.27. The summed E-state index contributed by atoms with van der Waals surface area (Å²) >= 11 is 0. The third-order valence-corrected chi connectivity index (χ3v) is 5.76. The summed E-state index contributed by atoms with van der Waals surface area (Å²) in [6, 6.07) is 36.4. The number of hydrogen-bond donors (Lipinski definition) is 0. The van der Waals surface area contributed by atoms with E-state index in [9.17, 15) is 0 Å². The minimum absolute atomic E-state index is 0. The maximum atomic E-state index is 5.05. The quantitative estimate of drug-likeness (QED) is 0.200. The smallest absolute Gasteiger partial charge is 0.306 e. The Morgan fingerprint density at radius 1 is 0.727 bits per heavy atom. The van der Waals surface area contributed by atoms with Gasteiger partial charge in [-0.1, -0.05) is 60.2 Å². The summed E-state index contributed by atoms with van der Waals surface area (Å²) in [7, 11) is 0.